The summed E-state index contributed by atoms with van der Waals surface area (Å²) in [5, 5.41) is 7.19. The number of hydrogen-bond acceptors (Lipinski definition) is 4. The van der Waals surface area contributed by atoms with E-state index in [4.69, 9.17) is 4.42 Å². The van der Waals surface area contributed by atoms with E-state index in [0.29, 0.717) is 12.1 Å². The monoisotopic (exact) mass is 263 g/mol. The molecule has 2 atom stereocenters. The molecule has 19 heavy (non-hydrogen) atoms. The molecule has 4 heteroatoms. The standard InChI is InChI=1S/C15H25N3O/c1-2-9-18(8-1)14(15-6-4-10-19-15)12-17-13-5-3-7-16-11-13/h4,6,10,13-14,16-17H,1-3,5,7-9,11-12H2. The average Bonchev–Trinajstić information content (AvgIpc) is 3.13. The van der Waals surface area contributed by atoms with Gasteiger partial charge in [-0.3, -0.25) is 4.90 Å². The van der Waals surface area contributed by atoms with Crippen LogP contribution in [0.2, 0.25) is 0 Å². The largest absolute Gasteiger partial charge is 0.468 e. The molecule has 106 valence electrons. The van der Waals surface area contributed by atoms with Gasteiger partial charge in [0.25, 0.3) is 0 Å². The molecule has 2 aliphatic rings. The molecule has 0 aromatic carbocycles. The van der Waals surface area contributed by atoms with Gasteiger partial charge in [-0.05, 0) is 57.5 Å². The van der Waals surface area contributed by atoms with E-state index in [1.54, 1.807) is 6.26 Å². The Bertz CT molecular complexity index is 353. The van der Waals surface area contributed by atoms with Crippen LogP contribution in [0.3, 0.4) is 0 Å². The van der Waals surface area contributed by atoms with Gasteiger partial charge in [-0.2, -0.15) is 0 Å². The van der Waals surface area contributed by atoms with Gasteiger partial charge in [0, 0.05) is 19.1 Å². The molecule has 2 fully saturated rings. The van der Waals surface area contributed by atoms with Crippen LogP contribution in [0.4, 0.5) is 0 Å². The first-order valence-electron chi connectivity index (χ1n) is 7.65. The number of nitrogens with one attached hydrogen (secondary N) is 2. The Morgan fingerprint density at radius 1 is 1.37 bits per heavy atom. The zero-order valence-corrected chi connectivity index (χ0v) is 11.6. The van der Waals surface area contributed by atoms with E-state index in [-0.39, 0.29) is 0 Å². The lowest BCUT2D eigenvalue weighted by molar-refractivity contribution is 0.201. The highest BCUT2D eigenvalue weighted by Gasteiger charge is 2.26. The lowest BCUT2D eigenvalue weighted by Gasteiger charge is -2.30. The summed E-state index contributed by atoms with van der Waals surface area (Å²) in [6.07, 6.45) is 7.01. The Kier molecular flexibility index (Phi) is 4.53. The minimum absolute atomic E-state index is 0.402. The van der Waals surface area contributed by atoms with E-state index >= 15 is 0 Å². The van der Waals surface area contributed by atoms with Crippen molar-refractivity contribution in [1.29, 1.82) is 0 Å². The van der Waals surface area contributed by atoms with Crippen molar-refractivity contribution in [3.63, 3.8) is 0 Å². The molecule has 1 aromatic rings. The second kappa shape index (κ2) is 6.55. The maximum atomic E-state index is 5.65. The molecular weight excluding hydrogens is 238 g/mol. The lowest BCUT2D eigenvalue weighted by atomic mass is 10.1. The average molecular weight is 263 g/mol. The van der Waals surface area contributed by atoms with Crippen LogP contribution in [0.25, 0.3) is 0 Å². The topological polar surface area (TPSA) is 40.4 Å². The van der Waals surface area contributed by atoms with Gasteiger partial charge in [-0.15, -0.1) is 0 Å². The Labute approximate surface area is 115 Å². The van der Waals surface area contributed by atoms with E-state index < -0.39 is 0 Å². The lowest BCUT2D eigenvalue weighted by Crippen LogP contribution is -2.46. The Hall–Kier alpha value is -0.840. The molecule has 1 aromatic heterocycles. The summed E-state index contributed by atoms with van der Waals surface area (Å²) >= 11 is 0. The van der Waals surface area contributed by atoms with E-state index in [2.05, 4.69) is 21.6 Å². The highest BCUT2D eigenvalue weighted by atomic mass is 16.3. The predicted molar refractivity (Wildman–Crippen MR) is 76.2 cm³/mol. The van der Waals surface area contributed by atoms with Crippen molar-refractivity contribution >= 4 is 0 Å². The minimum Gasteiger partial charge on any atom is -0.468 e. The van der Waals surface area contributed by atoms with Gasteiger partial charge < -0.3 is 15.1 Å². The molecule has 0 bridgehead atoms. The fourth-order valence-corrected chi connectivity index (χ4v) is 3.25. The van der Waals surface area contributed by atoms with E-state index in [1.165, 1.54) is 45.3 Å². The molecule has 2 aliphatic heterocycles. The van der Waals surface area contributed by atoms with Crippen LogP contribution in [0.5, 0.6) is 0 Å². The van der Waals surface area contributed by atoms with Crippen LogP contribution < -0.4 is 10.6 Å². The maximum Gasteiger partial charge on any atom is 0.122 e. The van der Waals surface area contributed by atoms with Crippen molar-refractivity contribution in [2.45, 2.75) is 37.8 Å². The third-order valence-electron chi connectivity index (χ3n) is 4.35. The van der Waals surface area contributed by atoms with E-state index in [9.17, 15) is 0 Å². The Morgan fingerprint density at radius 2 is 2.26 bits per heavy atom. The summed E-state index contributed by atoms with van der Waals surface area (Å²) in [7, 11) is 0. The molecule has 0 radical (unpaired) electrons. The van der Waals surface area contributed by atoms with Gasteiger partial charge in [0.05, 0.1) is 12.3 Å². The van der Waals surface area contributed by atoms with Gasteiger partial charge in [0.1, 0.15) is 5.76 Å². The van der Waals surface area contributed by atoms with Crippen molar-refractivity contribution < 1.29 is 4.42 Å². The van der Waals surface area contributed by atoms with Crippen molar-refractivity contribution in [2.24, 2.45) is 0 Å². The summed E-state index contributed by atoms with van der Waals surface area (Å²) in [4.78, 5) is 2.56. The first-order chi connectivity index (χ1) is 9.43. The summed E-state index contributed by atoms with van der Waals surface area (Å²) in [5.41, 5.74) is 0. The first-order valence-corrected chi connectivity index (χ1v) is 7.65. The van der Waals surface area contributed by atoms with Gasteiger partial charge in [0.15, 0.2) is 0 Å². The number of hydrogen-bond donors (Lipinski definition) is 2. The van der Waals surface area contributed by atoms with E-state index in [0.717, 1.165) is 18.8 Å². The molecule has 0 saturated carbocycles. The molecule has 2 unspecified atom stereocenters. The SMILES string of the molecule is c1coc(C(CNC2CCCNC2)N2CCCC2)c1. The zero-order chi connectivity index (χ0) is 12.9. The van der Waals surface area contributed by atoms with Crippen LogP contribution >= 0.6 is 0 Å². The quantitative estimate of drug-likeness (QED) is 0.849. The van der Waals surface area contributed by atoms with Crippen LogP contribution in [-0.4, -0.2) is 43.7 Å². The van der Waals surface area contributed by atoms with Crippen LogP contribution in [0.1, 0.15) is 37.5 Å². The fourth-order valence-electron chi connectivity index (χ4n) is 3.25. The summed E-state index contributed by atoms with van der Waals surface area (Å²) in [6, 6.07) is 5.14. The van der Waals surface area contributed by atoms with Crippen LogP contribution in [0.15, 0.2) is 22.8 Å². The number of nitrogens with zero attached hydrogens (tertiary/aromatic N) is 1. The molecule has 2 N–H and O–H groups in total. The van der Waals surface area contributed by atoms with Gasteiger partial charge in [0.2, 0.25) is 0 Å². The zero-order valence-electron chi connectivity index (χ0n) is 11.6. The van der Waals surface area contributed by atoms with Gasteiger partial charge in [-0.25, -0.2) is 0 Å². The van der Waals surface area contributed by atoms with Gasteiger partial charge in [-0.1, -0.05) is 0 Å². The molecule has 2 saturated heterocycles. The smallest absolute Gasteiger partial charge is 0.122 e. The van der Waals surface area contributed by atoms with Crippen molar-refractivity contribution in [3.05, 3.63) is 24.2 Å². The number of furan rings is 1. The molecular formula is C15H25N3O. The van der Waals surface area contributed by atoms with Gasteiger partial charge >= 0.3 is 0 Å². The summed E-state index contributed by atoms with van der Waals surface area (Å²) in [6.45, 7) is 5.68. The number of piperidine rings is 1. The minimum atomic E-state index is 0.402. The van der Waals surface area contributed by atoms with E-state index in [1.807, 2.05) is 6.07 Å². The first kappa shape index (κ1) is 13.2. The molecule has 3 rings (SSSR count). The van der Waals surface area contributed by atoms with Crippen LogP contribution in [0, 0.1) is 0 Å². The van der Waals surface area contributed by atoms with Crippen LogP contribution in [-0.2, 0) is 0 Å². The Balaban J connectivity index is 1.58. The van der Waals surface area contributed by atoms with Crippen molar-refractivity contribution in [1.82, 2.24) is 15.5 Å². The summed E-state index contributed by atoms with van der Waals surface area (Å²) < 4.78 is 5.65. The molecule has 0 spiro atoms. The molecule has 4 nitrogen and oxygen atoms in total. The fraction of sp³-hybridized carbons (Fsp3) is 0.733. The highest BCUT2D eigenvalue weighted by Crippen LogP contribution is 2.25. The van der Waals surface area contributed by atoms with Crippen molar-refractivity contribution in [2.75, 3.05) is 32.7 Å². The molecule has 0 aliphatic carbocycles. The molecule has 0 amide bonds. The second-order valence-corrected chi connectivity index (χ2v) is 5.73. The Morgan fingerprint density at radius 3 is 2.95 bits per heavy atom. The number of likely N-dealkylation sites (tertiary alicyclic amines) is 1. The van der Waals surface area contributed by atoms with Crippen molar-refractivity contribution in [3.8, 4) is 0 Å². The normalized spacial score (nSPS) is 26.6. The highest BCUT2D eigenvalue weighted by molar-refractivity contribution is 5.06. The third-order valence-corrected chi connectivity index (χ3v) is 4.35. The third kappa shape index (κ3) is 3.38. The number of rotatable bonds is 5. The molecule has 3 heterocycles. The summed E-state index contributed by atoms with van der Waals surface area (Å²) in [5.74, 6) is 1.11. The second-order valence-electron chi connectivity index (χ2n) is 5.73. The predicted octanol–water partition coefficient (Wildman–Crippen LogP) is 1.76. The maximum absolute atomic E-state index is 5.65.